The number of amides is 3. The third-order valence-corrected chi connectivity index (χ3v) is 3.57. The number of nitrogen functional groups attached to an aromatic ring is 1. The molecule has 0 unspecified atom stereocenters. The van der Waals surface area contributed by atoms with Crippen molar-refractivity contribution in [3.05, 3.63) is 28.2 Å². The highest BCUT2D eigenvalue weighted by atomic mass is 79.9. The Morgan fingerprint density at radius 2 is 2.06 bits per heavy atom. The molecule has 1 saturated heterocycles. The van der Waals surface area contributed by atoms with Crippen molar-refractivity contribution >= 4 is 33.6 Å². The molecule has 2 rings (SSSR count). The van der Waals surface area contributed by atoms with Gasteiger partial charge in [0, 0.05) is 10.2 Å². The molecule has 96 valence electrons. The Bertz CT molecular complexity index is 528. The maximum Gasteiger partial charge on any atom is 0.325 e. The Morgan fingerprint density at radius 1 is 1.39 bits per heavy atom. The lowest BCUT2D eigenvalue weighted by atomic mass is 10.1. The molecule has 5 nitrogen and oxygen atoms in total. The van der Waals surface area contributed by atoms with E-state index in [0.29, 0.717) is 5.69 Å². The van der Waals surface area contributed by atoms with Crippen LogP contribution in [0, 0.1) is 0 Å². The lowest BCUT2D eigenvalue weighted by Gasteiger charge is -2.16. The smallest absolute Gasteiger partial charge is 0.325 e. The molecule has 0 atom stereocenters. The van der Waals surface area contributed by atoms with Gasteiger partial charge in [0.05, 0.1) is 6.54 Å². The highest BCUT2D eigenvalue weighted by Crippen LogP contribution is 2.23. The molecule has 0 aliphatic carbocycles. The normalized spacial score (nSPS) is 18.1. The number of nitrogens with two attached hydrogens (primary N) is 1. The summed E-state index contributed by atoms with van der Waals surface area (Å²) in [4.78, 5) is 24.9. The highest BCUT2D eigenvalue weighted by Gasteiger charge is 2.43. The minimum absolute atomic E-state index is 0.228. The van der Waals surface area contributed by atoms with E-state index in [-0.39, 0.29) is 18.5 Å². The van der Waals surface area contributed by atoms with Crippen molar-refractivity contribution in [2.75, 3.05) is 5.73 Å². The summed E-state index contributed by atoms with van der Waals surface area (Å²) < 4.78 is 0.795. The Morgan fingerprint density at radius 3 is 2.56 bits per heavy atom. The van der Waals surface area contributed by atoms with Crippen LogP contribution in [0.2, 0.25) is 0 Å². The molecule has 1 heterocycles. The van der Waals surface area contributed by atoms with E-state index in [1.165, 1.54) is 4.90 Å². The molecule has 0 radical (unpaired) electrons. The summed E-state index contributed by atoms with van der Waals surface area (Å²) in [5.74, 6) is -0.228. The van der Waals surface area contributed by atoms with Crippen molar-refractivity contribution in [3.8, 4) is 0 Å². The van der Waals surface area contributed by atoms with Crippen LogP contribution in [-0.4, -0.2) is 22.4 Å². The lowest BCUT2D eigenvalue weighted by Crippen LogP contribution is -2.40. The summed E-state index contributed by atoms with van der Waals surface area (Å²) in [6, 6.07) is 5.00. The van der Waals surface area contributed by atoms with E-state index in [0.717, 1.165) is 10.0 Å². The van der Waals surface area contributed by atoms with Crippen LogP contribution >= 0.6 is 15.9 Å². The summed E-state index contributed by atoms with van der Waals surface area (Å²) in [6.07, 6.45) is 0. The molecule has 3 N–H and O–H groups in total. The third kappa shape index (κ3) is 2.20. The van der Waals surface area contributed by atoms with Crippen LogP contribution in [0.25, 0.3) is 0 Å². The van der Waals surface area contributed by atoms with Gasteiger partial charge in [0.2, 0.25) is 0 Å². The fourth-order valence-electron chi connectivity index (χ4n) is 1.84. The van der Waals surface area contributed by atoms with Gasteiger partial charge in [-0.1, -0.05) is 6.07 Å². The first-order valence-electron chi connectivity index (χ1n) is 5.49. The van der Waals surface area contributed by atoms with Gasteiger partial charge in [-0.15, -0.1) is 0 Å². The van der Waals surface area contributed by atoms with E-state index in [4.69, 9.17) is 5.73 Å². The third-order valence-electron chi connectivity index (χ3n) is 2.85. The van der Waals surface area contributed by atoms with Gasteiger partial charge < -0.3 is 11.1 Å². The standard InChI is InChI=1S/C12H14BrN3O2/c1-12(2)10(17)16(11(18)15-12)6-7-3-4-8(13)9(14)5-7/h3-5H,6,14H2,1-2H3,(H,15,18). The largest absolute Gasteiger partial charge is 0.398 e. The average Bonchev–Trinajstić information content (AvgIpc) is 2.46. The number of benzene rings is 1. The predicted molar refractivity (Wildman–Crippen MR) is 71.7 cm³/mol. The summed E-state index contributed by atoms with van der Waals surface area (Å²) >= 11 is 3.30. The minimum Gasteiger partial charge on any atom is -0.398 e. The molecule has 1 aromatic rings. The number of nitrogens with zero attached hydrogens (tertiary/aromatic N) is 1. The molecule has 0 saturated carbocycles. The monoisotopic (exact) mass is 311 g/mol. The molecule has 0 spiro atoms. The van der Waals surface area contributed by atoms with Crippen LogP contribution < -0.4 is 11.1 Å². The fraction of sp³-hybridized carbons (Fsp3) is 0.333. The number of nitrogens with one attached hydrogen (secondary N) is 1. The van der Waals surface area contributed by atoms with Crippen LogP contribution in [-0.2, 0) is 11.3 Å². The molecular formula is C12H14BrN3O2. The van der Waals surface area contributed by atoms with Gasteiger partial charge in [-0.25, -0.2) is 4.79 Å². The number of carbonyl (C=O) groups excluding carboxylic acids is 2. The zero-order valence-corrected chi connectivity index (χ0v) is 11.7. The van der Waals surface area contributed by atoms with E-state index in [1.54, 1.807) is 26.0 Å². The molecule has 1 aliphatic heterocycles. The summed E-state index contributed by atoms with van der Waals surface area (Å²) in [7, 11) is 0. The number of hydrogen-bond acceptors (Lipinski definition) is 3. The number of halogens is 1. The molecule has 1 aliphatic rings. The van der Waals surface area contributed by atoms with E-state index in [1.807, 2.05) is 6.07 Å². The van der Waals surface area contributed by atoms with Crippen molar-refractivity contribution < 1.29 is 9.59 Å². The minimum atomic E-state index is -0.835. The van der Waals surface area contributed by atoms with E-state index in [2.05, 4.69) is 21.2 Å². The molecule has 1 fully saturated rings. The Labute approximate surface area is 113 Å². The second-order valence-electron chi connectivity index (χ2n) is 4.80. The molecule has 6 heteroatoms. The van der Waals surface area contributed by atoms with Gasteiger partial charge in [-0.05, 0) is 47.5 Å². The molecule has 3 amide bonds. The molecule has 0 aromatic heterocycles. The number of rotatable bonds is 2. The highest BCUT2D eigenvalue weighted by molar-refractivity contribution is 9.10. The van der Waals surface area contributed by atoms with Gasteiger partial charge in [0.25, 0.3) is 5.91 Å². The van der Waals surface area contributed by atoms with Crippen LogP contribution in [0.15, 0.2) is 22.7 Å². The second kappa shape index (κ2) is 4.28. The number of carbonyl (C=O) groups is 2. The maximum absolute atomic E-state index is 12.0. The Kier molecular flexibility index (Phi) is 3.06. The summed E-state index contributed by atoms with van der Waals surface area (Å²) in [5.41, 5.74) is 6.33. The van der Waals surface area contributed by atoms with Gasteiger partial charge in [0.15, 0.2) is 0 Å². The van der Waals surface area contributed by atoms with E-state index in [9.17, 15) is 9.59 Å². The number of urea groups is 1. The van der Waals surface area contributed by atoms with Crippen molar-refractivity contribution in [2.45, 2.75) is 25.9 Å². The SMILES string of the molecule is CC1(C)NC(=O)N(Cc2ccc(Br)c(N)c2)C1=O. The van der Waals surface area contributed by atoms with Crippen LogP contribution in [0.5, 0.6) is 0 Å². The van der Waals surface area contributed by atoms with E-state index < -0.39 is 5.54 Å². The summed E-state index contributed by atoms with van der Waals surface area (Å²) in [6.45, 7) is 3.60. The van der Waals surface area contributed by atoms with Gasteiger partial charge in [-0.2, -0.15) is 0 Å². The van der Waals surface area contributed by atoms with Gasteiger partial charge >= 0.3 is 6.03 Å². The quantitative estimate of drug-likeness (QED) is 0.646. The first-order valence-corrected chi connectivity index (χ1v) is 6.28. The van der Waals surface area contributed by atoms with Crippen molar-refractivity contribution in [2.24, 2.45) is 0 Å². The van der Waals surface area contributed by atoms with Crippen molar-refractivity contribution in [3.63, 3.8) is 0 Å². The van der Waals surface area contributed by atoms with Crippen LogP contribution in [0.1, 0.15) is 19.4 Å². The Hall–Kier alpha value is -1.56. The summed E-state index contributed by atoms with van der Waals surface area (Å²) in [5, 5.41) is 2.64. The number of anilines is 1. The number of imide groups is 1. The van der Waals surface area contributed by atoms with E-state index >= 15 is 0 Å². The Balaban J connectivity index is 2.22. The van der Waals surface area contributed by atoms with Crippen molar-refractivity contribution in [1.82, 2.24) is 10.2 Å². The first-order chi connectivity index (χ1) is 8.31. The van der Waals surface area contributed by atoms with Crippen LogP contribution in [0.3, 0.4) is 0 Å². The average molecular weight is 312 g/mol. The zero-order valence-electron chi connectivity index (χ0n) is 10.2. The lowest BCUT2D eigenvalue weighted by molar-refractivity contribution is -0.130. The fourth-order valence-corrected chi connectivity index (χ4v) is 2.08. The maximum atomic E-state index is 12.0. The second-order valence-corrected chi connectivity index (χ2v) is 5.66. The molecular weight excluding hydrogens is 298 g/mol. The number of hydrogen-bond donors (Lipinski definition) is 2. The topological polar surface area (TPSA) is 75.4 Å². The van der Waals surface area contributed by atoms with Crippen LogP contribution in [0.4, 0.5) is 10.5 Å². The zero-order chi connectivity index (χ0) is 13.5. The molecule has 1 aromatic carbocycles. The van der Waals surface area contributed by atoms with Gasteiger partial charge in [-0.3, -0.25) is 9.69 Å². The first kappa shape index (κ1) is 12.9. The van der Waals surface area contributed by atoms with Gasteiger partial charge in [0.1, 0.15) is 5.54 Å². The molecule has 0 bridgehead atoms. The predicted octanol–water partition coefficient (Wildman–Crippen LogP) is 1.86. The van der Waals surface area contributed by atoms with Crippen molar-refractivity contribution in [1.29, 1.82) is 0 Å². The molecule has 18 heavy (non-hydrogen) atoms.